The van der Waals surface area contributed by atoms with Crippen LogP contribution in [-0.2, 0) is 9.59 Å². The molecular weight excluding hydrogens is 220 g/mol. The zero-order valence-corrected chi connectivity index (χ0v) is 10.2. The molecule has 0 radical (unpaired) electrons. The Labute approximate surface area is 101 Å². The van der Waals surface area contributed by atoms with Crippen LogP contribution >= 0.6 is 0 Å². The number of carboxylic acids is 1. The fourth-order valence-corrected chi connectivity index (χ4v) is 3.06. The molecule has 17 heavy (non-hydrogen) atoms. The van der Waals surface area contributed by atoms with Gasteiger partial charge in [-0.05, 0) is 25.2 Å². The largest absolute Gasteiger partial charge is 0.480 e. The Kier molecular flexibility index (Phi) is 3.66. The van der Waals surface area contributed by atoms with Crippen LogP contribution in [0.1, 0.15) is 32.1 Å². The van der Waals surface area contributed by atoms with Gasteiger partial charge in [-0.15, -0.1) is 0 Å². The number of carbonyl (C=O) groups excluding carboxylic acids is 1. The minimum Gasteiger partial charge on any atom is -0.480 e. The van der Waals surface area contributed by atoms with E-state index in [1.54, 1.807) is 7.05 Å². The zero-order chi connectivity index (χ0) is 12.4. The number of amides is 1. The Bertz CT molecular complexity index is 305. The molecule has 0 aromatic heterocycles. The summed E-state index contributed by atoms with van der Waals surface area (Å²) >= 11 is 0. The summed E-state index contributed by atoms with van der Waals surface area (Å²) in [5, 5.41) is 12.0. The number of hydrogen-bond donors (Lipinski definition) is 2. The van der Waals surface area contributed by atoms with Gasteiger partial charge >= 0.3 is 5.97 Å². The van der Waals surface area contributed by atoms with E-state index in [1.165, 1.54) is 24.2 Å². The van der Waals surface area contributed by atoms with Crippen LogP contribution in [0.25, 0.3) is 0 Å². The number of fused-ring (bicyclic) bond motifs is 1. The Hall–Kier alpha value is -1.10. The van der Waals surface area contributed by atoms with Crippen molar-refractivity contribution in [3.63, 3.8) is 0 Å². The fourth-order valence-electron chi connectivity index (χ4n) is 3.06. The van der Waals surface area contributed by atoms with Crippen LogP contribution in [0, 0.1) is 5.92 Å². The molecule has 1 aliphatic heterocycles. The SMILES string of the molecule is CN(CC(=O)O)C(=O)C1CC2CCCCC2N1. The molecule has 0 aromatic carbocycles. The molecule has 96 valence electrons. The quantitative estimate of drug-likeness (QED) is 0.751. The van der Waals surface area contributed by atoms with E-state index < -0.39 is 5.97 Å². The number of hydrogen-bond acceptors (Lipinski definition) is 3. The molecule has 2 fully saturated rings. The van der Waals surface area contributed by atoms with Crippen molar-refractivity contribution >= 4 is 11.9 Å². The average molecular weight is 240 g/mol. The zero-order valence-electron chi connectivity index (χ0n) is 10.2. The lowest BCUT2D eigenvalue weighted by molar-refractivity contribution is -0.144. The first-order chi connectivity index (χ1) is 8.08. The predicted octanol–water partition coefficient (Wildman–Crippen LogP) is 0.450. The number of carboxylic acid groups (broad SMARTS) is 1. The monoisotopic (exact) mass is 240 g/mol. The molecule has 1 heterocycles. The highest BCUT2D eigenvalue weighted by molar-refractivity contribution is 5.85. The van der Waals surface area contributed by atoms with Gasteiger partial charge in [0.1, 0.15) is 6.54 Å². The Morgan fingerprint density at radius 2 is 2.06 bits per heavy atom. The molecule has 5 nitrogen and oxygen atoms in total. The Morgan fingerprint density at radius 1 is 1.35 bits per heavy atom. The van der Waals surface area contributed by atoms with Crippen LogP contribution in [0.5, 0.6) is 0 Å². The molecule has 3 unspecified atom stereocenters. The second-order valence-electron chi connectivity index (χ2n) is 5.19. The summed E-state index contributed by atoms with van der Waals surface area (Å²) in [6, 6.07) is 0.295. The maximum Gasteiger partial charge on any atom is 0.323 e. The summed E-state index contributed by atoms with van der Waals surface area (Å²) in [4.78, 5) is 23.9. The lowest BCUT2D eigenvalue weighted by atomic mass is 9.85. The number of likely N-dealkylation sites (N-methyl/N-ethyl adjacent to an activating group) is 1. The van der Waals surface area contributed by atoms with Crippen molar-refractivity contribution < 1.29 is 14.7 Å². The number of nitrogens with zero attached hydrogens (tertiary/aromatic N) is 1. The molecule has 0 bridgehead atoms. The molecule has 1 saturated carbocycles. The number of carbonyl (C=O) groups is 2. The average Bonchev–Trinajstić information content (AvgIpc) is 2.70. The maximum atomic E-state index is 12.0. The molecule has 1 saturated heterocycles. The maximum absolute atomic E-state index is 12.0. The minimum absolute atomic E-state index is 0.0817. The van der Waals surface area contributed by atoms with Crippen molar-refractivity contribution in [1.29, 1.82) is 0 Å². The van der Waals surface area contributed by atoms with E-state index in [1.807, 2.05) is 0 Å². The van der Waals surface area contributed by atoms with E-state index in [2.05, 4.69) is 5.32 Å². The standard InChI is InChI=1S/C12H20N2O3/c1-14(7-11(15)16)12(17)10-6-8-4-2-3-5-9(8)13-10/h8-10,13H,2-7H2,1H3,(H,15,16). The molecule has 2 aliphatic rings. The van der Waals surface area contributed by atoms with E-state index in [4.69, 9.17) is 5.11 Å². The van der Waals surface area contributed by atoms with Gasteiger partial charge in [-0.1, -0.05) is 12.8 Å². The lowest BCUT2D eigenvalue weighted by Crippen LogP contribution is -2.45. The molecule has 1 amide bonds. The third kappa shape index (κ3) is 2.77. The second-order valence-corrected chi connectivity index (χ2v) is 5.19. The minimum atomic E-state index is -0.962. The van der Waals surface area contributed by atoms with E-state index in [0.717, 1.165) is 12.8 Å². The topological polar surface area (TPSA) is 69.6 Å². The van der Waals surface area contributed by atoms with Crippen LogP contribution < -0.4 is 5.32 Å². The van der Waals surface area contributed by atoms with E-state index in [-0.39, 0.29) is 18.5 Å². The molecule has 0 spiro atoms. The van der Waals surface area contributed by atoms with Gasteiger partial charge in [0.25, 0.3) is 0 Å². The highest BCUT2D eigenvalue weighted by Crippen LogP contribution is 2.33. The van der Waals surface area contributed by atoms with Crippen molar-refractivity contribution in [3.05, 3.63) is 0 Å². The Balaban J connectivity index is 1.90. The van der Waals surface area contributed by atoms with Gasteiger partial charge in [-0.3, -0.25) is 9.59 Å². The lowest BCUT2D eigenvalue weighted by Gasteiger charge is -2.24. The number of rotatable bonds is 3. The molecule has 0 aromatic rings. The predicted molar refractivity (Wildman–Crippen MR) is 62.6 cm³/mol. The van der Waals surface area contributed by atoms with E-state index in [0.29, 0.717) is 12.0 Å². The van der Waals surface area contributed by atoms with Crippen molar-refractivity contribution in [3.8, 4) is 0 Å². The van der Waals surface area contributed by atoms with Crippen LogP contribution in [0.4, 0.5) is 0 Å². The first-order valence-electron chi connectivity index (χ1n) is 6.30. The third-order valence-electron chi connectivity index (χ3n) is 3.91. The first-order valence-corrected chi connectivity index (χ1v) is 6.30. The highest BCUT2D eigenvalue weighted by Gasteiger charge is 2.39. The first kappa shape index (κ1) is 12.4. The van der Waals surface area contributed by atoms with Crippen LogP contribution in [0.15, 0.2) is 0 Å². The molecule has 3 atom stereocenters. The van der Waals surface area contributed by atoms with Gasteiger partial charge in [0, 0.05) is 13.1 Å². The van der Waals surface area contributed by atoms with Gasteiger partial charge in [0.05, 0.1) is 6.04 Å². The molecule has 5 heteroatoms. The van der Waals surface area contributed by atoms with Crippen LogP contribution in [0.2, 0.25) is 0 Å². The smallest absolute Gasteiger partial charge is 0.323 e. The normalized spacial score (nSPS) is 31.9. The molecule has 2 N–H and O–H groups in total. The number of nitrogens with one attached hydrogen (secondary N) is 1. The molecular formula is C12H20N2O3. The summed E-state index contributed by atoms with van der Waals surface area (Å²) in [5.41, 5.74) is 0. The molecule has 2 rings (SSSR count). The van der Waals surface area contributed by atoms with Gasteiger partial charge in [-0.25, -0.2) is 0 Å². The van der Waals surface area contributed by atoms with Crippen molar-refractivity contribution in [1.82, 2.24) is 10.2 Å². The van der Waals surface area contributed by atoms with Gasteiger partial charge in [-0.2, -0.15) is 0 Å². The van der Waals surface area contributed by atoms with Crippen LogP contribution in [-0.4, -0.2) is 47.6 Å². The number of aliphatic carboxylic acids is 1. The van der Waals surface area contributed by atoms with Gasteiger partial charge < -0.3 is 15.3 Å². The summed E-state index contributed by atoms with van der Waals surface area (Å²) in [7, 11) is 1.56. The van der Waals surface area contributed by atoms with Crippen molar-refractivity contribution in [2.45, 2.75) is 44.2 Å². The van der Waals surface area contributed by atoms with E-state index >= 15 is 0 Å². The summed E-state index contributed by atoms with van der Waals surface area (Å²) in [5.74, 6) is -0.436. The van der Waals surface area contributed by atoms with Crippen LogP contribution in [0.3, 0.4) is 0 Å². The second kappa shape index (κ2) is 5.04. The summed E-state index contributed by atoms with van der Waals surface area (Å²) < 4.78 is 0. The van der Waals surface area contributed by atoms with Crippen molar-refractivity contribution in [2.24, 2.45) is 5.92 Å². The summed E-state index contributed by atoms with van der Waals surface area (Å²) in [6.45, 7) is -0.216. The van der Waals surface area contributed by atoms with Gasteiger partial charge in [0.2, 0.25) is 5.91 Å². The van der Waals surface area contributed by atoms with Gasteiger partial charge in [0.15, 0.2) is 0 Å². The highest BCUT2D eigenvalue weighted by atomic mass is 16.4. The van der Waals surface area contributed by atoms with Crippen molar-refractivity contribution in [2.75, 3.05) is 13.6 Å². The molecule has 1 aliphatic carbocycles. The Morgan fingerprint density at radius 3 is 2.71 bits per heavy atom. The fraction of sp³-hybridized carbons (Fsp3) is 0.833. The van der Waals surface area contributed by atoms with E-state index in [9.17, 15) is 9.59 Å². The summed E-state index contributed by atoms with van der Waals surface area (Å²) in [6.07, 6.45) is 5.71. The third-order valence-corrected chi connectivity index (χ3v) is 3.91.